The lowest BCUT2D eigenvalue weighted by Crippen LogP contribution is -2.65. The normalized spacial score (nSPS) is 40.4. The average molecular weight is 358 g/mol. The predicted octanol–water partition coefficient (Wildman–Crippen LogP) is -0.484. The van der Waals surface area contributed by atoms with E-state index >= 15 is 0 Å². The van der Waals surface area contributed by atoms with E-state index in [2.05, 4.69) is 0 Å². The van der Waals surface area contributed by atoms with Crippen LogP contribution in [0.4, 0.5) is 0 Å². The molecule has 0 saturated carbocycles. The van der Waals surface area contributed by atoms with Gasteiger partial charge in [0.2, 0.25) is 11.8 Å². The summed E-state index contributed by atoms with van der Waals surface area (Å²) in [5.41, 5.74) is 1.44. The fourth-order valence-corrected chi connectivity index (χ4v) is 4.69. The molecule has 0 aliphatic carbocycles. The summed E-state index contributed by atoms with van der Waals surface area (Å²) in [7, 11) is 0. The smallest absolute Gasteiger partial charge is 0.247 e. The average Bonchev–Trinajstić information content (AvgIpc) is 3.08. The number of nitrogens with zero attached hydrogens (tertiary/aromatic N) is 2. The number of aliphatic hydroxyl groups excluding tert-OH is 2. The number of piperazine rings is 1. The summed E-state index contributed by atoms with van der Waals surface area (Å²) < 4.78 is 10.5. The lowest BCUT2D eigenvalue weighted by molar-refractivity contribution is -0.163. The van der Waals surface area contributed by atoms with Crippen molar-refractivity contribution in [1.82, 2.24) is 9.80 Å². The summed E-state index contributed by atoms with van der Waals surface area (Å²) in [5, 5.41) is 20.8. The highest BCUT2D eigenvalue weighted by Crippen LogP contribution is 2.44. The molecule has 6 atom stereocenters. The third kappa shape index (κ3) is 1.96. The van der Waals surface area contributed by atoms with E-state index in [4.69, 9.17) is 9.47 Å². The van der Waals surface area contributed by atoms with Gasteiger partial charge in [-0.3, -0.25) is 9.59 Å². The number of ether oxygens (including phenoxy) is 2. The molecule has 0 aromatic rings. The fraction of sp³-hybridized carbons (Fsp3) is 0.444. The maximum Gasteiger partial charge on any atom is 0.247 e. The Labute approximate surface area is 149 Å². The summed E-state index contributed by atoms with van der Waals surface area (Å²) in [6, 6.07) is -2.59. The van der Waals surface area contributed by atoms with Crippen LogP contribution in [-0.2, 0) is 19.1 Å². The minimum atomic E-state index is -0.931. The van der Waals surface area contributed by atoms with Crippen molar-refractivity contribution in [1.29, 1.82) is 0 Å². The second kappa shape index (κ2) is 5.46. The van der Waals surface area contributed by atoms with Gasteiger partial charge in [-0.2, -0.15) is 0 Å². The van der Waals surface area contributed by atoms with Crippen LogP contribution >= 0.6 is 0 Å². The van der Waals surface area contributed by atoms with Crippen LogP contribution < -0.4 is 0 Å². The molecule has 5 aliphatic heterocycles. The van der Waals surface area contributed by atoms with Crippen LogP contribution in [0.3, 0.4) is 0 Å². The summed E-state index contributed by atoms with van der Waals surface area (Å²) in [6.07, 6.45) is 7.48. The molecule has 0 spiro atoms. The molecule has 5 heterocycles. The van der Waals surface area contributed by atoms with Gasteiger partial charge in [0.25, 0.3) is 0 Å². The monoisotopic (exact) mass is 358 g/mol. The van der Waals surface area contributed by atoms with E-state index in [1.165, 1.54) is 47.0 Å². The Balaban J connectivity index is 1.56. The quantitative estimate of drug-likeness (QED) is 0.607. The lowest BCUT2D eigenvalue weighted by atomic mass is 10.0. The maximum absolute atomic E-state index is 13.2. The number of hydrogen-bond acceptors (Lipinski definition) is 6. The molecule has 0 bridgehead atoms. The van der Waals surface area contributed by atoms with Gasteiger partial charge in [0.15, 0.2) is 0 Å². The fourth-order valence-electron chi connectivity index (χ4n) is 4.69. The molecular formula is C18H18N2O6. The molecular weight excluding hydrogens is 340 g/mol. The Kier molecular flexibility index (Phi) is 3.29. The molecule has 3 saturated heterocycles. The highest BCUT2D eigenvalue weighted by atomic mass is 16.5. The van der Waals surface area contributed by atoms with Crippen LogP contribution in [0.5, 0.6) is 0 Å². The number of carbonyl (C=O) groups is 2. The molecule has 5 aliphatic rings. The first kappa shape index (κ1) is 15.7. The molecule has 5 rings (SSSR count). The highest BCUT2D eigenvalue weighted by Gasteiger charge is 2.59. The topological polar surface area (TPSA) is 99.5 Å². The third-order valence-electron chi connectivity index (χ3n) is 5.76. The molecule has 8 nitrogen and oxygen atoms in total. The SMILES string of the molecule is O=C1[C@@H]2CC3=COC=C[C@H](O)[C@H]3N2C(=O)[C@@H]2CC3=COC=C[C@H](O)[C@H]3N12. The van der Waals surface area contributed by atoms with Gasteiger partial charge in [0.1, 0.15) is 12.1 Å². The van der Waals surface area contributed by atoms with E-state index in [9.17, 15) is 19.8 Å². The predicted molar refractivity (Wildman–Crippen MR) is 86.7 cm³/mol. The van der Waals surface area contributed by atoms with Crippen molar-refractivity contribution in [3.63, 3.8) is 0 Å². The van der Waals surface area contributed by atoms with Crippen LogP contribution in [0.15, 0.2) is 48.3 Å². The van der Waals surface area contributed by atoms with Crippen molar-refractivity contribution in [2.45, 2.75) is 49.2 Å². The van der Waals surface area contributed by atoms with E-state index < -0.39 is 36.4 Å². The van der Waals surface area contributed by atoms with Crippen molar-refractivity contribution in [2.75, 3.05) is 0 Å². The van der Waals surface area contributed by atoms with E-state index in [-0.39, 0.29) is 11.8 Å². The second-order valence-corrected chi connectivity index (χ2v) is 7.12. The molecule has 0 aromatic carbocycles. The number of aliphatic hydroxyl groups is 2. The van der Waals surface area contributed by atoms with E-state index in [0.29, 0.717) is 12.8 Å². The van der Waals surface area contributed by atoms with Gasteiger partial charge in [0.05, 0.1) is 49.3 Å². The van der Waals surface area contributed by atoms with Crippen molar-refractivity contribution in [3.8, 4) is 0 Å². The molecule has 2 amide bonds. The maximum atomic E-state index is 13.2. The Morgan fingerprint density at radius 1 is 0.808 bits per heavy atom. The zero-order valence-corrected chi connectivity index (χ0v) is 13.8. The molecule has 136 valence electrons. The first-order valence-electron chi connectivity index (χ1n) is 8.60. The standard InChI is InChI=1S/C18H18N2O6/c21-13-1-3-25-7-9-5-11-18(24)20-12(17(23)19(11)15(9)13)6-10-8-26-4-2-14(22)16(10)20/h1-4,7-8,11-16,21-22H,5-6H2/t11-,12-,13-,14-,15-,16-/m0/s1. The number of amides is 2. The molecule has 8 heteroatoms. The molecule has 0 aromatic heterocycles. The van der Waals surface area contributed by atoms with Crippen LogP contribution in [0, 0.1) is 0 Å². The molecule has 26 heavy (non-hydrogen) atoms. The van der Waals surface area contributed by atoms with Crippen LogP contribution in [0.25, 0.3) is 0 Å². The van der Waals surface area contributed by atoms with Gasteiger partial charge in [-0.15, -0.1) is 0 Å². The highest BCUT2D eigenvalue weighted by molar-refractivity contribution is 6.00. The van der Waals surface area contributed by atoms with E-state index in [0.717, 1.165) is 11.1 Å². The zero-order chi connectivity index (χ0) is 18.0. The third-order valence-corrected chi connectivity index (χ3v) is 5.76. The number of carbonyl (C=O) groups excluding carboxylic acids is 2. The van der Waals surface area contributed by atoms with Crippen molar-refractivity contribution in [2.24, 2.45) is 0 Å². The summed E-state index contributed by atoms with van der Waals surface area (Å²) >= 11 is 0. The van der Waals surface area contributed by atoms with Crippen LogP contribution in [-0.4, -0.2) is 68.2 Å². The Bertz CT molecular complexity index is 734. The van der Waals surface area contributed by atoms with E-state index in [1.54, 1.807) is 0 Å². The minimum Gasteiger partial charge on any atom is -0.473 e. The first-order chi connectivity index (χ1) is 12.6. The molecule has 3 fully saturated rings. The number of fused-ring (bicyclic) bond motifs is 6. The van der Waals surface area contributed by atoms with Gasteiger partial charge < -0.3 is 29.5 Å². The van der Waals surface area contributed by atoms with Gasteiger partial charge in [-0.1, -0.05) is 0 Å². The Hall–Kier alpha value is -2.58. The summed E-state index contributed by atoms with van der Waals surface area (Å²) in [4.78, 5) is 29.5. The van der Waals surface area contributed by atoms with Crippen LogP contribution in [0.2, 0.25) is 0 Å². The molecule has 0 radical (unpaired) electrons. The second-order valence-electron chi connectivity index (χ2n) is 7.12. The van der Waals surface area contributed by atoms with Crippen LogP contribution in [0.1, 0.15) is 12.8 Å². The lowest BCUT2D eigenvalue weighted by Gasteiger charge is -2.43. The molecule has 2 N–H and O–H groups in total. The van der Waals surface area contributed by atoms with Crippen molar-refractivity contribution >= 4 is 11.8 Å². The molecule has 0 unspecified atom stereocenters. The van der Waals surface area contributed by atoms with Gasteiger partial charge in [-0.25, -0.2) is 0 Å². The van der Waals surface area contributed by atoms with E-state index in [1.807, 2.05) is 0 Å². The van der Waals surface area contributed by atoms with Crippen molar-refractivity contribution in [3.05, 3.63) is 48.3 Å². The van der Waals surface area contributed by atoms with Gasteiger partial charge in [-0.05, 0) is 23.3 Å². The van der Waals surface area contributed by atoms with Crippen molar-refractivity contribution < 1.29 is 29.3 Å². The van der Waals surface area contributed by atoms with Gasteiger partial charge >= 0.3 is 0 Å². The Morgan fingerprint density at radius 2 is 1.23 bits per heavy atom. The minimum absolute atomic E-state index is 0.220. The summed E-state index contributed by atoms with van der Waals surface area (Å²) in [5.74, 6) is -0.440. The Morgan fingerprint density at radius 3 is 1.65 bits per heavy atom. The van der Waals surface area contributed by atoms with Gasteiger partial charge in [0, 0.05) is 12.8 Å². The first-order valence-corrected chi connectivity index (χ1v) is 8.60. The largest absolute Gasteiger partial charge is 0.473 e. The summed E-state index contributed by atoms with van der Waals surface area (Å²) in [6.45, 7) is 0. The zero-order valence-electron chi connectivity index (χ0n) is 13.8. The number of rotatable bonds is 0. The number of hydrogen-bond donors (Lipinski definition) is 2.